The lowest BCUT2D eigenvalue weighted by Crippen LogP contribution is -2.11. The SMILES string of the molecule is C[C@@H](N)c1cc(Cl)c2c(c1)CCCO2. The molecule has 1 atom stereocenters. The predicted molar refractivity (Wildman–Crippen MR) is 57.9 cm³/mol. The molecule has 2 N–H and O–H groups in total. The minimum atomic E-state index is 0.0275. The third-order valence-corrected chi connectivity index (χ3v) is 2.79. The Morgan fingerprint density at radius 1 is 1.50 bits per heavy atom. The van der Waals surface area contributed by atoms with Crippen molar-refractivity contribution in [3.05, 3.63) is 28.3 Å². The first-order chi connectivity index (χ1) is 6.68. The van der Waals surface area contributed by atoms with Crippen molar-refractivity contribution in [1.29, 1.82) is 0 Å². The molecule has 0 bridgehead atoms. The molecule has 1 aromatic carbocycles. The summed E-state index contributed by atoms with van der Waals surface area (Å²) in [5.74, 6) is 0.849. The van der Waals surface area contributed by atoms with Gasteiger partial charge in [0.2, 0.25) is 0 Å². The van der Waals surface area contributed by atoms with Crippen molar-refractivity contribution in [3.63, 3.8) is 0 Å². The molecule has 1 aromatic rings. The number of benzene rings is 1. The summed E-state index contributed by atoms with van der Waals surface area (Å²) in [5.41, 5.74) is 8.09. The molecule has 3 heteroatoms. The van der Waals surface area contributed by atoms with Crippen LogP contribution in [0.5, 0.6) is 5.75 Å². The number of aryl methyl sites for hydroxylation is 1. The molecule has 2 nitrogen and oxygen atoms in total. The molecule has 0 unspecified atom stereocenters. The zero-order valence-electron chi connectivity index (χ0n) is 8.22. The van der Waals surface area contributed by atoms with Crippen LogP contribution in [0.4, 0.5) is 0 Å². The molecule has 0 spiro atoms. The lowest BCUT2D eigenvalue weighted by atomic mass is 10.0. The molecule has 14 heavy (non-hydrogen) atoms. The van der Waals surface area contributed by atoms with Crippen LogP contribution in [-0.2, 0) is 6.42 Å². The third-order valence-electron chi connectivity index (χ3n) is 2.51. The van der Waals surface area contributed by atoms with Gasteiger partial charge in [0.05, 0.1) is 11.6 Å². The summed E-state index contributed by atoms with van der Waals surface area (Å²) >= 11 is 6.11. The summed E-state index contributed by atoms with van der Waals surface area (Å²) in [6, 6.07) is 4.03. The van der Waals surface area contributed by atoms with E-state index in [1.54, 1.807) is 0 Å². The van der Waals surface area contributed by atoms with Crippen molar-refractivity contribution in [2.45, 2.75) is 25.8 Å². The van der Waals surface area contributed by atoms with Crippen molar-refractivity contribution < 1.29 is 4.74 Å². The van der Waals surface area contributed by atoms with Crippen LogP contribution in [0.15, 0.2) is 12.1 Å². The number of halogens is 1. The number of hydrogen-bond acceptors (Lipinski definition) is 2. The predicted octanol–water partition coefficient (Wildman–Crippen LogP) is 2.68. The molecule has 1 aliphatic rings. The monoisotopic (exact) mass is 211 g/mol. The minimum Gasteiger partial charge on any atom is -0.492 e. The van der Waals surface area contributed by atoms with Gasteiger partial charge in [-0.25, -0.2) is 0 Å². The Kier molecular flexibility index (Phi) is 2.66. The van der Waals surface area contributed by atoms with Crippen LogP contribution in [0, 0.1) is 0 Å². The number of rotatable bonds is 1. The van der Waals surface area contributed by atoms with Gasteiger partial charge in [-0.2, -0.15) is 0 Å². The topological polar surface area (TPSA) is 35.2 Å². The summed E-state index contributed by atoms with van der Waals surface area (Å²) in [4.78, 5) is 0. The molecule has 0 saturated heterocycles. The standard InChI is InChI=1S/C11H14ClNO/c1-7(13)9-5-8-3-2-4-14-11(8)10(12)6-9/h5-7H,2-4,13H2,1H3/t7-/m1/s1. The molecule has 1 aliphatic heterocycles. The highest BCUT2D eigenvalue weighted by Crippen LogP contribution is 2.35. The van der Waals surface area contributed by atoms with Gasteiger partial charge in [-0.1, -0.05) is 17.7 Å². The van der Waals surface area contributed by atoms with Crippen LogP contribution >= 0.6 is 11.6 Å². The van der Waals surface area contributed by atoms with Crippen LogP contribution in [0.3, 0.4) is 0 Å². The van der Waals surface area contributed by atoms with E-state index < -0.39 is 0 Å². The second-order valence-corrected chi connectivity index (χ2v) is 4.14. The molecular weight excluding hydrogens is 198 g/mol. The first-order valence-electron chi connectivity index (χ1n) is 4.89. The second-order valence-electron chi connectivity index (χ2n) is 3.73. The van der Waals surface area contributed by atoms with E-state index in [0.29, 0.717) is 5.02 Å². The summed E-state index contributed by atoms with van der Waals surface area (Å²) in [6.45, 7) is 2.73. The average molecular weight is 212 g/mol. The number of nitrogens with two attached hydrogens (primary N) is 1. The fourth-order valence-corrected chi connectivity index (χ4v) is 2.02. The molecule has 0 amide bonds. The van der Waals surface area contributed by atoms with Crippen LogP contribution in [0.25, 0.3) is 0 Å². The quantitative estimate of drug-likeness (QED) is 0.775. The van der Waals surface area contributed by atoms with E-state index in [0.717, 1.165) is 30.8 Å². The first-order valence-corrected chi connectivity index (χ1v) is 5.27. The summed E-state index contributed by atoms with van der Waals surface area (Å²) in [6.07, 6.45) is 2.10. The minimum absolute atomic E-state index is 0.0275. The maximum absolute atomic E-state index is 6.11. The van der Waals surface area contributed by atoms with Crippen molar-refractivity contribution in [2.75, 3.05) is 6.61 Å². The van der Waals surface area contributed by atoms with Crippen LogP contribution < -0.4 is 10.5 Å². The van der Waals surface area contributed by atoms with Gasteiger partial charge in [0, 0.05) is 6.04 Å². The van der Waals surface area contributed by atoms with Crippen molar-refractivity contribution in [3.8, 4) is 5.75 Å². The molecule has 76 valence electrons. The second kappa shape index (κ2) is 3.79. The Morgan fingerprint density at radius 3 is 3.00 bits per heavy atom. The van der Waals surface area contributed by atoms with E-state index in [-0.39, 0.29) is 6.04 Å². The molecule has 0 aromatic heterocycles. The van der Waals surface area contributed by atoms with Crippen molar-refractivity contribution >= 4 is 11.6 Å². The van der Waals surface area contributed by atoms with E-state index in [1.165, 1.54) is 5.56 Å². The summed E-state index contributed by atoms with van der Waals surface area (Å²) in [5, 5.41) is 0.689. The van der Waals surface area contributed by atoms with Crippen LogP contribution in [0.2, 0.25) is 5.02 Å². The van der Waals surface area contributed by atoms with Gasteiger partial charge in [0.25, 0.3) is 0 Å². The molecule has 2 rings (SSSR count). The molecule has 0 saturated carbocycles. The Labute approximate surface area is 89.0 Å². The van der Waals surface area contributed by atoms with Crippen LogP contribution in [-0.4, -0.2) is 6.61 Å². The Morgan fingerprint density at radius 2 is 2.29 bits per heavy atom. The van der Waals surface area contributed by atoms with E-state index >= 15 is 0 Å². The normalized spacial score (nSPS) is 17.1. The Bertz CT molecular complexity index is 349. The largest absolute Gasteiger partial charge is 0.492 e. The summed E-state index contributed by atoms with van der Waals surface area (Å²) in [7, 11) is 0. The van der Waals surface area contributed by atoms with Gasteiger partial charge in [-0.3, -0.25) is 0 Å². The Balaban J connectivity index is 2.46. The van der Waals surface area contributed by atoms with Gasteiger partial charge in [0.1, 0.15) is 5.75 Å². The smallest absolute Gasteiger partial charge is 0.141 e. The summed E-state index contributed by atoms with van der Waals surface area (Å²) < 4.78 is 5.52. The van der Waals surface area contributed by atoms with E-state index in [1.807, 2.05) is 13.0 Å². The first kappa shape index (κ1) is 9.81. The average Bonchev–Trinajstić information content (AvgIpc) is 2.17. The van der Waals surface area contributed by atoms with Gasteiger partial charge >= 0.3 is 0 Å². The third kappa shape index (κ3) is 1.72. The highest BCUT2D eigenvalue weighted by Gasteiger charge is 2.15. The highest BCUT2D eigenvalue weighted by molar-refractivity contribution is 6.32. The van der Waals surface area contributed by atoms with E-state index in [4.69, 9.17) is 22.1 Å². The number of ether oxygens (including phenoxy) is 1. The number of fused-ring (bicyclic) bond motifs is 1. The molecule has 1 heterocycles. The van der Waals surface area contributed by atoms with Crippen molar-refractivity contribution in [2.24, 2.45) is 5.73 Å². The zero-order chi connectivity index (χ0) is 10.1. The van der Waals surface area contributed by atoms with Gasteiger partial charge in [-0.05, 0) is 37.0 Å². The maximum Gasteiger partial charge on any atom is 0.141 e. The lowest BCUT2D eigenvalue weighted by molar-refractivity contribution is 0.288. The lowest BCUT2D eigenvalue weighted by Gasteiger charge is -2.20. The highest BCUT2D eigenvalue weighted by atomic mass is 35.5. The van der Waals surface area contributed by atoms with Gasteiger partial charge in [-0.15, -0.1) is 0 Å². The zero-order valence-corrected chi connectivity index (χ0v) is 8.97. The van der Waals surface area contributed by atoms with Gasteiger partial charge < -0.3 is 10.5 Å². The fourth-order valence-electron chi connectivity index (χ4n) is 1.72. The van der Waals surface area contributed by atoms with E-state index in [9.17, 15) is 0 Å². The fraction of sp³-hybridized carbons (Fsp3) is 0.455. The van der Waals surface area contributed by atoms with E-state index in [2.05, 4.69) is 6.07 Å². The molecule has 0 fully saturated rings. The maximum atomic E-state index is 6.11. The number of hydrogen-bond donors (Lipinski definition) is 1. The van der Waals surface area contributed by atoms with Gasteiger partial charge in [0.15, 0.2) is 0 Å². The van der Waals surface area contributed by atoms with Crippen LogP contribution in [0.1, 0.15) is 30.5 Å². The molecule has 0 aliphatic carbocycles. The Hall–Kier alpha value is -0.730. The van der Waals surface area contributed by atoms with Crippen molar-refractivity contribution in [1.82, 2.24) is 0 Å². The molecular formula is C11H14ClNO. The molecule has 0 radical (unpaired) electrons.